The fourth-order valence-corrected chi connectivity index (χ4v) is 5.78. The minimum Gasteiger partial charge on any atom is -0.394 e. The molecule has 33 heavy (non-hydrogen) atoms. The first-order chi connectivity index (χ1) is 15.7. The SMILES string of the molecule is Cc1c(CN[C@@H](CO)C(N)=O)c(C(C)C)c(Sc2cc(Cl)cc(Cl)c2)n1Cc1ccncc1. The summed E-state index contributed by atoms with van der Waals surface area (Å²) in [6.07, 6.45) is 3.56. The summed E-state index contributed by atoms with van der Waals surface area (Å²) >= 11 is 14.1. The molecule has 2 heterocycles. The van der Waals surface area contributed by atoms with Crippen molar-refractivity contribution in [3.8, 4) is 0 Å². The number of benzene rings is 1. The molecule has 6 nitrogen and oxygen atoms in total. The lowest BCUT2D eigenvalue weighted by atomic mass is 10.0. The molecule has 1 aromatic carbocycles. The fraction of sp³-hybridized carbons (Fsp3) is 0.333. The zero-order valence-electron chi connectivity index (χ0n) is 18.8. The molecule has 0 bridgehead atoms. The molecule has 0 aliphatic carbocycles. The Morgan fingerprint density at radius 1 is 1.21 bits per heavy atom. The van der Waals surface area contributed by atoms with Crippen molar-refractivity contribution in [2.45, 2.75) is 55.7 Å². The van der Waals surface area contributed by atoms with Crippen LogP contribution in [-0.4, -0.2) is 33.2 Å². The van der Waals surface area contributed by atoms with Crippen LogP contribution < -0.4 is 11.1 Å². The van der Waals surface area contributed by atoms with E-state index < -0.39 is 11.9 Å². The number of nitrogens with two attached hydrogens (primary N) is 1. The molecule has 1 amide bonds. The summed E-state index contributed by atoms with van der Waals surface area (Å²) in [5.74, 6) is -0.377. The lowest BCUT2D eigenvalue weighted by molar-refractivity contribution is -0.120. The molecule has 0 unspecified atom stereocenters. The van der Waals surface area contributed by atoms with Crippen LogP contribution in [0.4, 0.5) is 0 Å². The molecule has 2 aromatic heterocycles. The number of primary amides is 1. The third-order valence-electron chi connectivity index (χ3n) is 5.41. The van der Waals surface area contributed by atoms with Gasteiger partial charge in [0.15, 0.2) is 0 Å². The third-order valence-corrected chi connectivity index (χ3v) is 6.95. The summed E-state index contributed by atoms with van der Waals surface area (Å²) in [5, 5.41) is 14.9. The number of carbonyl (C=O) groups excluding carboxylic acids is 1. The first-order valence-electron chi connectivity index (χ1n) is 10.6. The van der Waals surface area contributed by atoms with Gasteiger partial charge in [-0.3, -0.25) is 15.1 Å². The van der Waals surface area contributed by atoms with Gasteiger partial charge >= 0.3 is 0 Å². The third kappa shape index (κ3) is 6.31. The number of halogens is 2. The zero-order chi connectivity index (χ0) is 24.1. The maximum absolute atomic E-state index is 11.6. The van der Waals surface area contributed by atoms with Crippen molar-refractivity contribution >= 4 is 40.9 Å². The van der Waals surface area contributed by atoms with Crippen molar-refractivity contribution in [3.63, 3.8) is 0 Å². The number of nitrogens with one attached hydrogen (secondary N) is 1. The minimum absolute atomic E-state index is 0.206. The van der Waals surface area contributed by atoms with E-state index >= 15 is 0 Å². The number of aromatic nitrogens is 2. The van der Waals surface area contributed by atoms with Crippen LogP contribution in [0.25, 0.3) is 0 Å². The molecule has 9 heteroatoms. The van der Waals surface area contributed by atoms with E-state index in [9.17, 15) is 9.90 Å². The Hall–Kier alpha value is -2.03. The van der Waals surface area contributed by atoms with E-state index in [1.54, 1.807) is 30.2 Å². The highest BCUT2D eigenvalue weighted by atomic mass is 35.5. The van der Waals surface area contributed by atoms with Crippen LogP contribution in [0.2, 0.25) is 10.0 Å². The number of nitrogens with zero attached hydrogens (tertiary/aromatic N) is 2. The highest BCUT2D eigenvalue weighted by Crippen LogP contribution is 2.41. The minimum atomic E-state index is -0.809. The van der Waals surface area contributed by atoms with Crippen molar-refractivity contribution in [1.82, 2.24) is 14.9 Å². The normalized spacial score (nSPS) is 12.3. The molecule has 0 aliphatic rings. The monoisotopic (exact) mass is 506 g/mol. The van der Waals surface area contributed by atoms with Crippen LogP contribution in [0.1, 0.15) is 42.1 Å². The molecule has 0 saturated carbocycles. The van der Waals surface area contributed by atoms with E-state index in [1.165, 1.54) is 0 Å². The molecule has 176 valence electrons. The highest BCUT2D eigenvalue weighted by Gasteiger charge is 2.25. The van der Waals surface area contributed by atoms with Gasteiger partial charge < -0.3 is 15.4 Å². The largest absolute Gasteiger partial charge is 0.394 e. The summed E-state index contributed by atoms with van der Waals surface area (Å²) in [7, 11) is 0. The standard InChI is InChI=1S/C24H28Cl2N4O2S/c1-14(2)22-20(11-29-21(13-31)23(27)32)15(3)30(12-16-4-6-28-7-5-16)24(22)33-19-9-17(25)8-18(26)10-19/h4-10,14,21,29,31H,11-13H2,1-3H3,(H2,27,32)/t21-/m0/s1. The Balaban J connectivity index is 2.11. The van der Waals surface area contributed by atoms with Crippen LogP contribution in [0.3, 0.4) is 0 Å². The molecule has 0 aliphatic heterocycles. The predicted molar refractivity (Wildman–Crippen MR) is 134 cm³/mol. The van der Waals surface area contributed by atoms with Gasteiger partial charge in [-0.05, 0) is 59.9 Å². The highest BCUT2D eigenvalue weighted by molar-refractivity contribution is 7.99. The Kier molecular flexibility index (Phi) is 8.84. The van der Waals surface area contributed by atoms with Crippen molar-refractivity contribution in [2.75, 3.05) is 6.61 Å². The van der Waals surface area contributed by atoms with E-state index in [0.717, 1.165) is 32.3 Å². The second-order valence-corrected chi connectivity index (χ2v) is 10.0. The first kappa shape index (κ1) is 25.6. The van der Waals surface area contributed by atoms with E-state index in [4.69, 9.17) is 28.9 Å². The molecule has 0 saturated heterocycles. The van der Waals surface area contributed by atoms with Gasteiger partial charge in [-0.25, -0.2) is 0 Å². The van der Waals surface area contributed by atoms with Gasteiger partial charge in [0.1, 0.15) is 6.04 Å². The zero-order valence-corrected chi connectivity index (χ0v) is 21.1. The summed E-state index contributed by atoms with van der Waals surface area (Å²) < 4.78 is 2.26. The van der Waals surface area contributed by atoms with Crippen molar-refractivity contribution in [3.05, 3.63) is 75.2 Å². The van der Waals surface area contributed by atoms with Crippen LogP contribution in [0.5, 0.6) is 0 Å². The molecular formula is C24H28Cl2N4O2S. The fourth-order valence-electron chi connectivity index (χ4n) is 3.75. The second-order valence-electron chi connectivity index (χ2n) is 8.10. The predicted octanol–water partition coefficient (Wildman–Crippen LogP) is 4.76. The summed E-state index contributed by atoms with van der Waals surface area (Å²) in [4.78, 5) is 16.7. The Morgan fingerprint density at radius 3 is 2.39 bits per heavy atom. The lowest BCUT2D eigenvalue weighted by Gasteiger charge is -2.16. The van der Waals surface area contributed by atoms with Crippen LogP contribution in [-0.2, 0) is 17.9 Å². The van der Waals surface area contributed by atoms with E-state index in [0.29, 0.717) is 23.1 Å². The number of pyridine rings is 1. The molecule has 4 N–H and O–H groups in total. The number of rotatable bonds is 10. The van der Waals surface area contributed by atoms with Crippen LogP contribution in [0, 0.1) is 6.92 Å². The summed E-state index contributed by atoms with van der Waals surface area (Å²) in [5.41, 5.74) is 9.84. The Labute approximate surface area is 208 Å². The topological polar surface area (TPSA) is 93.2 Å². The van der Waals surface area contributed by atoms with Crippen LogP contribution in [0.15, 0.2) is 52.6 Å². The molecule has 0 radical (unpaired) electrons. The average Bonchev–Trinajstić information content (AvgIpc) is 2.99. The maximum atomic E-state index is 11.6. The number of carbonyl (C=O) groups is 1. The number of hydrogen-bond acceptors (Lipinski definition) is 5. The van der Waals surface area contributed by atoms with Crippen molar-refractivity contribution < 1.29 is 9.90 Å². The number of amides is 1. The van der Waals surface area contributed by atoms with Crippen LogP contribution >= 0.6 is 35.0 Å². The van der Waals surface area contributed by atoms with Crippen molar-refractivity contribution in [2.24, 2.45) is 5.73 Å². The van der Waals surface area contributed by atoms with E-state index in [-0.39, 0.29) is 12.5 Å². The van der Waals surface area contributed by atoms with E-state index in [1.807, 2.05) is 24.3 Å². The number of aliphatic hydroxyl groups is 1. The smallest absolute Gasteiger partial charge is 0.236 e. The average molecular weight is 507 g/mol. The van der Waals surface area contributed by atoms with Gasteiger partial charge in [-0.15, -0.1) is 0 Å². The maximum Gasteiger partial charge on any atom is 0.236 e. The molecule has 3 rings (SSSR count). The summed E-state index contributed by atoms with van der Waals surface area (Å²) in [6.45, 7) is 7.05. The molecule has 0 fully saturated rings. The van der Waals surface area contributed by atoms with Gasteiger partial charge in [-0.1, -0.05) is 48.8 Å². The van der Waals surface area contributed by atoms with Gasteiger partial charge in [0, 0.05) is 46.1 Å². The second kappa shape index (κ2) is 11.4. The van der Waals surface area contributed by atoms with E-state index in [2.05, 4.69) is 35.6 Å². The summed E-state index contributed by atoms with van der Waals surface area (Å²) in [6, 6.07) is 8.68. The Morgan fingerprint density at radius 2 is 1.85 bits per heavy atom. The molecule has 3 aromatic rings. The van der Waals surface area contributed by atoms with Gasteiger partial charge in [0.2, 0.25) is 5.91 Å². The van der Waals surface area contributed by atoms with Gasteiger partial charge in [-0.2, -0.15) is 0 Å². The molecular weight excluding hydrogens is 479 g/mol. The number of hydrogen-bond donors (Lipinski definition) is 3. The molecule has 0 spiro atoms. The first-order valence-corrected chi connectivity index (χ1v) is 12.2. The van der Waals surface area contributed by atoms with Crippen molar-refractivity contribution in [1.29, 1.82) is 0 Å². The Bertz CT molecular complexity index is 1100. The lowest BCUT2D eigenvalue weighted by Crippen LogP contribution is -2.43. The van der Waals surface area contributed by atoms with Gasteiger partial charge in [0.05, 0.1) is 11.6 Å². The molecule has 1 atom stereocenters. The van der Waals surface area contributed by atoms with Gasteiger partial charge in [0.25, 0.3) is 0 Å². The quantitative estimate of drug-likeness (QED) is 0.368. The number of aliphatic hydroxyl groups excluding tert-OH is 1.